The number of hydrogen-bond acceptors (Lipinski definition) is 4. The Morgan fingerprint density at radius 1 is 1.00 bits per heavy atom. The lowest BCUT2D eigenvalue weighted by Gasteiger charge is -2.26. The normalized spacial score (nSPS) is 14.9. The lowest BCUT2D eigenvalue weighted by molar-refractivity contribution is -0.122. The van der Waals surface area contributed by atoms with Gasteiger partial charge in [0.15, 0.2) is 0 Å². The van der Waals surface area contributed by atoms with E-state index >= 15 is 0 Å². The number of benzene rings is 2. The average Bonchev–Trinajstić information content (AvgIpc) is 3.10. The van der Waals surface area contributed by atoms with Crippen LogP contribution < -0.4 is 15.0 Å². The number of imide groups is 2. The summed E-state index contributed by atoms with van der Waals surface area (Å²) in [6, 6.07) is 13.9. The first-order valence-corrected chi connectivity index (χ1v) is 11.7. The van der Waals surface area contributed by atoms with Gasteiger partial charge >= 0.3 is 6.03 Å². The number of barbiturate groups is 1. The Kier molecular flexibility index (Phi) is 6.75. The number of hydrogen-bond donors (Lipinski definition) is 1. The predicted octanol–water partition coefficient (Wildman–Crippen LogP) is 5.40. The number of amides is 4. The number of carbonyl (C=O) groups is 3. The van der Waals surface area contributed by atoms with Gasteiger partial charge in [-0.25, -0.2) is 9.69 Å². The molecule has 8 heteroatoms. The number of nitrogens with one attached hydrogen (secondary N) is 1. The summed E-state index contributed by atoms with van der Waals surface area (Å²) in [5, 5.41) is 2.28. The van der Waals surface area contributed by atoms with E-state index in [2.05, 4.69) is 27.8 Å². The van der Waals surface area contributed by atoms with Crippen molar-refractivity contribution in [1.82, 2.24) is 9.88 Å². The quantitative estimate of drug-likeness (QED) is 0.261. The van der Waals surface area contributed by atoms with Gasteiger partial charge in [0.05, 0.1) is 5.69 Å². The molecule has 1 fully saturated rings. The maximum absolute atomic E-state index is 13.3. The molecule has 1 aromatic heterocycles. The molecule has 2 heterocycles. The number of halogens is 1. The first-order valence-electron chi connectivity index (χ1n) is 10.9. The van der Waals surface area contributed by atoms with Crippen LogP contribution in [0.25, 0.3) is 11.8 Å². The van der Waals surface area contributed by atoms with Gasteiger partial charge < -0.3 is 9.30 Å². The monoisotopic (exact) mass is 533 g/mol. The van der Waals surface area contributed by atoms with E-state index in [0.29, 0.717) is 17.9 Å². The van der Waals surface area contributed by atoms with E-state index in [1.54, 1.807) is 24.3 Å². The second-order valence-corrected chi connectivity index (χ2v) is 9.00. The molecule has 0 radical (unpaired) electrons. The first-order chi connectivity index (χ1) is 16.7. The minimum Gasteiger partial charge on any atom is -0.490 e. The zero-order valence-electron chi connectivity index (χ0n) is 19.6. The Morgan fingerprint density at radius 3 is 2.34 bits per heavy atom. The standard InChI is InChI=1S/C27H24BrN3O4/c1-5-12-35-22-9-6-20(7-10-22)30-17(3)14-19(18(30)4)15-23-25(32)29-27(34)31(26(23)33)21-8-11-24(28)16(2)13-21/h5-11,13-15H,1,12H2,2-4H3,(H,29,32,34)/b23-15+. The van der Waals surface area contributed by atoms with Crippen molar-refractivity contribution in [1.29, 1.82) is 0 Å². The highest BCUT2D eigenvalue weighted by Gasteiger charge is 2.37. The van der Waals surface area contributed by atoms with Crippen molar-refractivity contribution in [2.45, 2.75) is 20.8 Å². The molecule has 0 bridgehead atoms. The number of aryl methyl sites for hydroxylation is 2. The Balaban J connectivity index is 1.70. The molecule has 4 rings (SSSR count). The van der Waals surface area contributed by atoms with Crippen LogP contribution in [0.1, 0.15) is 22.5 Å². The topological polar surface area (TPSA) is 80.6 Å². The van der Waals surface area contributed by atoms with Gasteiger partial charge in [0.1, 0.15) is 17.9 Å². The third-order valence-corrected chi connectivity index (χ3v) is 6.62. The van der Waals surface area contributed by atoms with Crippen LogP contribution in [0, 0.1) is 20.8 Å². The van der Waals surface area contributed by atoms with Crippen LogP contribution in [0.5, 0.6) is 5.75 Å². The van der Waals surface area contributed by atoms with E-state index in [9.17, 15) is 14.4 Å². The molecular formula is C27H24BrN3O4. The van der Waals surface area contributed by atoms with Gasteiger partial charge in [-0.15, -0.1) is 0 Å². The van der Waals surface area contributed by atoms with E-state index in [-0.39, 0.29) is 5.57 Å². The van der Waals surface area contributed by atoms with Gasteiger partial charge in [-0.2, -0.15) is 0 Å². The van der Waals surface area contributed by atoms with Crippen molar-refractivity contribution < 1.29 is 19.1 Å². The molecule has 1 aliphatic rings. The maximum Gasteiger partial charge on any atom is 0.335 e. The molecule has 0 unspecified atom stereocenters. The van der Waals surface area contributed by atoms with E-state index in [4.69, 9.17) is 4.74 Å². The van der Waals surface area contributed by atoms with Crippen molar-refractivity contribution in [3.63, 3.8) is 0 Å². The minimum absolute atomic E-state index is 0.112. The fourth-order valence-corrected chi connectivity index (χ4v) is 4.24. The molecule has 1 N–H and O–H groups in total. The van der Waals surface area contributed by atoms with Gasteiger partial charge in [-0.05, 0) is 86.5 Å². The zero-order chi connectivity index (χ0) is 25.3. The number of aromatic nitrogens is 1. The molecule has 0 atom stereocenters. The SMILES string of the molecule is C=CCOc1ccc(-n2c(C)cc(/C=C3\C(=O)NC(=O)N(c4ccc(Br)c(C)c4)C3=O)c2C)cc1. The lowest BCUT2D eigenvalue weighted by Crippen LogP contribution is -2.54. The van der Waals surface area contributed by atoms with E-state index < -0.39 is 17.8 Å². The predicted molar refractivity (Wildman–Crippen MR) is 139 cm³/mol. The zero-order valence-corrected chi connectivity index (χ0v) is 21.2. The molecule has 0 aliphatic carbocycles. The van der Waals surface area contributed by atoms with Crippen LogP contribution in [0.3, 0.4) is 0 Å². The van der Waals surface area contributed by atoms with Gasteiger partial charge in [0.25, 0.3) is 11.8 Å². The first kappa shape index (κ1) is 24.2. The van der Waals surface area contributed by atoms with Crippen LogP contribution in [0.2, 0.25) is 0 Å². The van der Waals surface area contributed by atoms with Gasteiger partial charge in [0, 0.05) is 21.5 Å². The second-order valence-electron chi connectivity index (χ2n) is 8.15. The molecule has 35 heavy (non-hydrogen) atoms. The van der Waals surface area contributed by atoms with Gasteiger partial charge in [-0.1, -0.05) is 28.6 Å². The number of anilines is 1. The van der Waals surface area contributed by atoms with E-state index in [1.165, 1.54) is 6.08 Å². The summed E-state index contributed by atoms with van der Waals surface area (Å²) < 4.78 is 8.43. The molecule has 0 saturated carbocycles. The van der Waals surface area contributed by atoms with Crippen LogP contribution in [0.15, 0.2) is 71.2 Å². The Bertz CT molecular complexity index is 1390. The van der Waals surface area contributed by atoms with Crippen LogP contribution in [-0.4, -0.2) is 29.0 Å². The Labute approximate surface area is 211 Å². The summed E-state index contributed by atoms with van der Waals surface area (Å²) in [7, 11) is 0. The smallest absolute Gasteiger partial charge is 0.335 e. The molecule has 7 nitrogen and oxygen atoms in total. The summed E-state index contributed by atoms with van der Waals surface area (Å²) in [6.45, 7) is 9.78. The second kappa shape index (κ2) is 9.76. The molecule has 0 spiro atoms. The third-order valence-electron chi connectivity index (χ3n) is 5.73. The van der Waals surface area contributed by atoms with E-state index in [0.717, 1.165) is 37.8 Å². The van der Waals surface area contributed by atoms with Crippen LogP contribution >= 0.6 is 15.9 Å². The number of rotatable bonds is 6. The average molecular weight is 534 g/mol. The van der Waals surface area contributed by atoms with Gasteiger partial charge in [-0.3, -0.25) is 14.9 Å². The maximum atomic E-state index is 13.3. The van der Waals surface area contributed by atoms with Crippen LogP contribution in [0.4, 0.5) is 10.5 Å². The number of carbonyl (C=O) groups excluding carboxylic acids is 3. The molecular weight excluding hydrogens is 510 g/mol. The lowest BCUT2D eigenvalue weighted by atomic mass is 10.1. The molecule has 3 aromatic rings. The van der Waals surface area contributed by atoms with E-state index in [1.807, 2.05) is 55.7 Å². The van der Waals surface area contributed by atoms with Crippen molar-refractivity contribution >= 4 is 45.5 Å². The number of ether oxygens (including phenoxy) is 1. The Morgan fingerprint density at radius 2 is 1.69 bits per heavy atom. The summed E-state index contributed by atoms with van der Waals surface area (Å²) in [5.41, 5.74) is 4.52. The van der Waals surface area contributed by atoms with Crippen LogP contribution in [-0.2, 0) is 9.59 Å². The molecule has 1 saturated heterocycles. The summed E-state index contributed by atoms with van der Waals surface area (Å²) >= 11 is 3.42. The molecule has 4 amide bonds. The molecule has 1 aliphatic heterocycles. The summed E-state index contributed by atoms with van der Waals surface area (Å²) in [6.07, 6.45) is 3.21. The van der Waals surface area contributed by atoms with Crippen molar-refractivity contribution in [3.05, 3.63) is 93.7 Å². The fourth-order valence-electron chi connectivity index (χ4n) is 3.99. The fraction of sp³-hybridized carbons (Fsp3) is 0.148. The highest BCUT2D eigenvalue weighted by Crippen LogP contribution is 2.28. The minimum atomic E-state index is -0.775. The highest BCUT2D eigenvalue weighted by molar-refractivity contribution is 9.10. The summed E-state index contributed by atoms with van der Waals surface area (Å²) in [4.78, 5) is 39.4. The molecule has 178 valence electrons. The van der Waals surface area contributed by atoms with Gasteiger partial charge in [0.2, 0.25) is 0 Å². The van der Waals surface area contributed by atoms with Crippen molar-refractivity contribution in [3.8, 4) is 11.4 Å². The number of urea groups is 1. The van der Waals surface area contributed by atoms with Crippen molar-refractivity contribution in [2.24, 2.45) is 0 Å². The largest absolute Gasteiger partial charge is 0.490 e. The Hall–Kier alpha value is -3.91. The number of nitrogens with zero attached hydrogens (tertiary/aromatic N) is 2. The summed E-state index contributed by atoms with van der Waals surface area (Å²) in [5.74, 6) is -0.663. The highest BCUT2D eigenvalue weighted by atomic mass is 79.9. The van der Waals surface area contributed by atoms with Crippen molar-refractivity contribution in [2.75, 3.05) is 11.5 Å². The molecule has 2 aromatic carbocycles. The third kappa shape index (κ3) is 4.70.